The van der Waals surface area contributed by atoms with Crippen LogP contribution in [0.4, 0.5) is 50.9 Å². The number of halogens is 10. The topological polar surface area (TPSA) is 55.6 Å². The molecule has 0 radical (unpaired) electrons. The van der Waals surface area contributed by atoms with E-state index in [0.29, 0.717) is 4.90 Å². The van der Waals surface area contributed by atoms with E-state index in [4.69, 9.17) is 5.73 Å². The molecule has 0 bridgehead atoms. The normalized spacial score (nSPS) is 12.8. The predicted molar refractivity (Wildman–Crippen MR) is 99.3 cm³/mol. The number of nitrogens with two attached hydrogens (primary N) is 1. The van der Waals surface area contributed by atoms with Crippen LogP contribution in [0.5, 0.6) is 5.75 Å². The Morgan fingerprint density at radius 1 is 1.03 bits per heavy atom. The largest absolute Gasteiger partial charge is 0.435 e. The molecule has 2 N–H and O–H groups in total. The number of carbonyl (C=O) groups excluding carboxylic acids is 1. The van der Waals surface area contributed by atoms with Crippen molar-refractivity contribution in [1.29, 1.82) is 0 Å². The van der Waals surface area contributed by atoms with Gasteiger partial charge >= 0.3 is 24.6 Å². The van der Waals surface area contributed by atoms with Gasteiger partial charge in [-0.1, -0.05) is 6.07 Å². The summed E-state index contributed by atoms with van der Waals surface area (Å²) >= 11 is 2.62. The van der Waals surface area contributed by atoms with Crippen LogP contribution >= 0.6 is 15.9 Å². The fourth-order valence-electron chi connectivity index (χ4n) is 2.74. The summed E-state index contributed by atoms with van der Waals surface area (Å²) in [5.41, 5.74) is -3.05. The quantitative estimate of drug-likeness (QED) is 0.364. The molecular formula is C18H12BrF9N2O2. The van der Waals surface area contributed by atoms with Crippen molar-refractivity contribution in [2.45, 2.75) is 24.6 Å². The highest BCUT2D eigenvalue weighted by Crippen LogP contribution is 2.55. The third-order valence-corrected chi connectivity index (χ3v) is 4.80. The van der Waals surface area contributed by atoms with Gasteiger partial charge in [0.25, 0.3) is 5.91 Å². The molecule has 0 atom stereocenters. The molecule has 2 rings (SSSR count). The Hall–Kier alpha value is -2.64. The van der Waals surface area contributed by atoms with Gasteiger partial charge in [0.05, 0.1) is 0 Å². The maximum atomic E-state index is 14.4. The zero-order valence-electron chi connectivity index (χ0n) is 15.7. The van der Waals surface area contributed by atoms with E-state index >= 15 is 0 Å². The van der Waals surface area contributed by atoms with E-state index in [2.05, 4.69) is 20.7 Å². The van der Waals surface area contributed by atoms with Gasteiger partial charge in [0.1, 0.15) is 5.69 Å². The van der Waals surface area contributed by atoms with Crippen LogP contribution in [-0.4, -0.2) is 31.9 Å². The SMILES string of the molecule is CN(C(=O)c1cccc(N)c1)c1c(Br)cc(C(F)(C(F)(F)F)C(F)(F)F)cc1OC(F)F. The number of nitrogen functional groups attached to an aromatic ring is 1. The molecular weight excluding hydrogens is 527 g/mol. The zero-order valence-corrected chi connectivity index (χ0v) is 17.2. The summed E-state index contributed by atoms with van der Waals surface area (Å²) in [6.07, 6.45) is -13.0. The minimum atomic E-state index is -6.49. The number of anilines is 2. The van der Waals surface area contributed by atoms with Crippen molar-refractivity contribution in [3.8, 4) is 5.75 Å². The van der Waals surface area contributed by atoms with E-state index in [1.165, 1.54) is 24.3 Å². The minimum Gasteiger partial charge on any atom is -0.433 e. The van der Waals surface area contributed by atoms with E-state index < -0.39 is 52.0 Å². The molecule has 2 aromatic carbocycles. The highest BCUT2D eigenvalue weighted by atomic mass is 79.9. The van der Waals surface area contributed by atoms with Crippen molar-refractivity contribution in [3.63, 3.8) is 0 Å². The molecule has 0 heterocycles. The van der Waals surface area contributed by atoms with Gasteiger partial charge in [0.2, 0.25) is 0 Å². The van der Waals surface area contributed by atoms with Crippen LogP contribution in [0.3, 0.4) is 0 Å². The van der Waals surface area contributed by atoms with Crippen LogP contribution in [-0.2, 0) is 5.67 Å². The van der Waals surface area contributed by atoms with Crippen molar-refractivity contribution < 1.29 is 49.0 Å². The molecule has 2 aromatic rings. The van der Waals surface area contributed by atoms with Gasteiger partial charge in [-0.3, -0.25) is 4.79 Å². The molecule has 14 heteroatoms. The van der Waals surface area contributed by atoms with E-state index in [0.717, 1.165) is 7.05 Å². The molecule has 0 spiro atoms. The van der Waals surface area contributed by atoms with E-state index in [-0.39, 0.29) is 23.4 Å². The summed E-state index contributed by atoms with van der Waals surface area (Å²) in [6.45, 7) is -3.72. The number of rotatable bonds is 5. The molecule has 0 aliphatic rings. The lowest BCUT2D eigenvalue weighted by atomic mass is 9.93. The van der Waals surface area contributed by atoms with Gasteiger partial charge in [0.15, 0.2) is 5.75 Å². The smallest absolute Gasteiger partial charge is 0.433 e. The average Bonchev–Trinajstić information content (AvgIpc) is 2.63. The molecule has 0 aliphatic carbocycles. The molecule has 32 heavy (non-hydrogen) atoms. The summed E-state index contributed by atoms with van der Waals surface area (Å²) in [7, 11) is 0.986. The lowest BCUT2D eigenvalue weighted by Crippen LogP contribution is -2.50. The molecule has 4 nitrogen and oxygen atoms in total. The highest BCUT2D eigenvalue weighted by molar-refractivity contribution is 9.10. The van der Waals surface area contributed by atoms with Gasteiger partial charge in [-0.25, -0.2) is 4.39 Å². The minimum absolute atomic E-state index is 0.0811. The second kappa shape index (κ2) is 8.71. The zero-order chi connectivity index (χ0) is 24.6. The van der Waals surface area contributed by atoms with Crippen LogP contribution < -0.4 is 15.4 Å². The Bertz CT molecular complexity index is 995. The predicted octanol–water partition coefficient (Wildman–Crippen LogP) is 6.20. The summed E-state index contributed by atoms with van der Waals surface area (Å²) in [5, 5.41) is 0. The van der Waals surface area contributed by atoms with Crippen molar-refractivity contribution >= 4 is 33.2 Å². The molecule has 0 unspecified atom stereocenters. The van der Waals surface area contributed by atoms with E-state index in [9.17, 15) is 44.3 Å². The number of ether oxygens (including phenoxy) is 1. The first-order valence-electron chi connectivity index (χ1n) is 8.25. The maximum absolute atomic E-state index is 14.4. The van der Waals surface area contributed by atoms with Crippen LogP contribution in [0, 0.1) is 0 Å². The number of benzene rings is 2. The van der Waals surface area contributed by atoms with E-state index in [1.54, 1.807) is 0 Å². The maximum Gasteiger partial charge on any atom is 0.435 e. The number of carbonyl (C=O) groups is 1. The second-order valence-corrected chi connectivity index (χ2v) is 7.18. The summed E-state index contributed by atoms with van der Waals surface area (Å²) < 4.78 is 122. The third-order valence-electron chi connectivity index (χ3n) is 4.20. The highest BCUT2D eigenvalue weighted by Gasteiger charge is 2.73. The molecule has 176 valence electrons. The van der Waals surface area contributed by atoms with Crippen LogP contribution in [0.25, 0.3) is 0 Å². The van der Waals surface area contributed by atoms with Crippen molar-refractivity contribution in [1.82, 2.24) is 0 Å². The Kier molecular flexibility index (Phi) is 6.98. The molecule has 0 saturated heterocycles. The number of hydrogen-bond acceptors (Lipinski definition) is 3. The second-order valence-electron chi connectivity index (χ2n) is 6.33. The molecule has 0 aromatic heterocycles. The number of alkyl halides is 9. The summed E-state index contributed by atoms with van der Waals surface area (Å²) in [4.78, 5) is 13.3. The molecule has 0 fully saturated rings. The van der Waals surface area contributed by atoms with Crippen molar-refractivity contribution in [2.24, 2.45) is 0 Å². The Balaban J connectivity index is 2.72. The first-order valence-corrected chi connectivity index (χ1v) is 9.04. The molecule has 1 amide bonds. The third kappa shape index (κ3) is 4.74. The number of amides is 1. The average molecular weight is 539 g/mol. The first kappa shape index (κ1) is 25.6. The lowest BCUT2D eigenvalue weighted by Gasteiger charge is -2.31. The lowest BCUT2D eigenvalue weighted by molar-refractivity contribution is -0.348. The van der Waals surface area contributed by atoms with Gasteiger partial charge < -0.3 is 15.4 Å². The summed E-state index contributed by atoms with van der Waals surface area (Å²) in [6, 6.07) is 5.14. The Morgan fingerprint density at radius 3 is 2.06 bits per heavy atom. The first-order chi connectivity index (χ1) is 14.5. The number of hydrogen-bond donors (Lipinski definition) is 1. The summed E-state index contributed by atoms with van der Waals surface area (Å²) in [5.74, 6) is -2.23. The monoisotopic (exact) mass is 538 g/mol. The standard InChI is InChI=1S/C18H12BrF9N2O2/c1-30(14(31)8-3-2-4-10(29)5-8)13-11(19)6-9(7-12(13)32-15(20)21)16(22,17(23,24)25)18(26,27)28/h2-7,15H,29H2,1H3. The fourth-order valence-corrected chi connectivity index (χ4v) is 3.45. The Labute approximate surface area is 182 Å². The number of nitrogens with zero attached hydrogens (tertiary/aromatic N) is 1. The Morgan fingerprint density at radius 2 is 1.59 bits per heavy atom. The van der Waals surface area contributed by atoms with Crippen LogP contribution in [0.2, 0.25) is 0 Å². The van der Waals surface area contributed by atoms with Gasteiger partial charge in [0, 0.05) is 28.3 Å². The fraction of sp³-hybridized carbons (Fsp3) is 0.278. The van der Waals surface area contributed by atoms with Crippen LogP contribution in [0.1, 0.15) is 15.9 Å². The van der Waals surface area contributed by atoms with Gasteiger partial charge in [-0.15, -0.1) is 0 Å². The van der Waals surface area contributed by atoms with Gasteiger partial charge in [-0.05, 0) is 46.3 Å². The molecule has 0 saturated carbocycles. The van der Waals surface area contributed by atoms with Crippen molar-refractivity contribution in [3.05, 3.63) is 52.0 Å². The molecule has 0 aliphatic heterocycles. The van der Waals surface area contributed by atoms with E-state index in [1.807, 2.05) is 0 Å². The van der Waals surface area contributed by atoms with Crippen molar-refractivity contribution in [2.75, 3.05) is 17.7 Å². The van der Waals surface area contributed by atoms with Gasteiger partial charge in [-0.2, -0.15) is 35.1 Å². The van der Waals surface area contributed by atoms with Crippen LogP contribution in [0.15, 0.2) is 40.9 Å².